The van der Waals surface area contributed by atoms with Gasteiger partial charge < -0.3 is 9.47 Å². The molecular formula is C9H11NO4. The van der Waals surface area contributed by atoms with Crippen molar-refractivity contribution in [2.24, 2.45) is 0 Å². The summed E-state index contributed by atoms with van der Waals surface area (Å²) in [5, 5.41) is 8.15. The predicted molar refractivity (Wildman–Crippen MR) is 46.9 cm³/mol. The van der Waals surface area contributed by atoms with Crippen LogP contribution in [0.5, 0.6) is 0 Å². The van der Waals surface area contributed by atoms with Crippen LogP contribution in [0.1, 0.15) is 13.3 Å². The van der Waals surface area contributed by atoms with Crippen molar-refractivity contribution >= 4 is 11.9 Å². The molecule has 0 heterocycles. The van der Waals surface area contributed by atoms with E-state index in [1.54, 1.807) is 6.07 Å². The molecule has 0 N–H and O–H groups in total. The van der Waals surface area contributed by atoms with Crippen LogP contribution in [-0.4, -0.2) is 24.6 Å². The first-order valence-corrected chi connectivity index (χ1v) is 3.95. The van der Waals surface area contributed by atoms with Gasteiger partial charge in [-0.1, -0.05) is 12.7 Å². The highest BCUT2D eigenvalue weighted by Gasteiger charge is 2.18. The molecule has 0 aliphatic rings. The lowest BCUT2D eigenvalue weighted by Crippen LogP contribution is -2.26. The minimum absolute atomic E-state index is 0.0684. The molecule has 0 bridgehead atoms. The van der Waals surface area contributed by atoms with Crippen LogP contribution in [-0.2, 0) is 19.1 Å². The summed E-state index contributed by atoms with van der Waals surface area (Å²) in [6.07, 6.45) is 0.0386. The van der Waals surface area contributed by atoms with Crippen LogP contribution in [0.3, 0.4) is 0 Å². The Morgan fingerprint density at radius 2 is 2.29 bits per heavy atom. The van der Waals surface area contributed by atoms with Crippen molar-refractivity contribution < 1.29 is 19.1 Å². The van der Waals surface area contributed by atoms with Gasteiger partial charge in [0.1, 0.15) is 13.0 Å². The number of ether oxygens (including phenoxy) is 2. The van der Waals surface area contributed by atoms with Crippen LogP contribution >= 0.6 is 0 Å². The summed E-state index contributed by atoms with van der Waals surface area (Å²) in [4.78, 5) is 21.8. The highest BCUT2D eigenvalue weighted by molar-refractivity contribution is 5.79. The van der Waals surface area contributed by atoms with Crippen molar-refractivity contribution in [3.05, 3.63) is 12.7 Å². The summed E-state index contributed by atoms with van der Waals surface area (Å²) in [5.41, 5.74) is 0. The van der Waals surface area contributed by atoms with E-state index >= 15 is 0 Å². The lowest BCUT2D eigenvalue weighted by atomic mass is 10.4. The maximum Gasteiger partial charge on any atom is 0.347 e. The molecular weight excluding hydrogens is 186 g/mol. The molecule has 0 aliphatic heterocycles. The zero-order chi connectivity index (χ0) is 11.0. The SMILES string of the molecule is C=CCOC(=O)C(C)OC(=O)CC#N. The maximum absolute atomic E-state index is 11.0. The van der Waals surface area contributed by atoms with E-state index in [4.69, 9.17) is 5.26 Å². The standard InChI is InChI=1S/C9H11NO4/c1-3-6-13-9(12)7(2)14-8(11)4-5-10/h3,7H,1,4,6H2,2H3. The van der Waals surface area contributed by atoms with E-state index in [1.807, 2.05) is 0 Å². The monoisotopic (exact) mass is 197 g/mol. The Labute approximate surface area is 81.9 Å². The van der Waals surface area contributed by atoms with Gasteiger partial charge in [0.15, 0.2) is 6.10 Å². The largest absolute Gasteiger partial charge is 0.459 e. The molecule has 1 unspecified atom stereocenters. The third-order valence-electron chi connectivity index (χ3n) is 1.21. The second kappa shape index (κ2) is 6.66. The Hall–Kier alpha value is -1.83. The molecule has 14 heavy (non-hydrogen) atoms. The first kappa shape index (κ1) is 12.2. The summed E-state index contributed by atoms with van der Waals surface area (Å²) < 4.78 is 9.19. The second-order valence-corrected chi connectivity index (χ2v) is 2.39. The highest BCUT2D eigenvalue weighted by atomic mass is 16.6. The predicted octanol–water partition coefficient (Wildman–Crippen LogP) is 0.561. The third-order valence-corrected chi connectivity index (χ3v) is 1.21. The molecule has 0 saturated heterocycles. The normalized spacial score (nSPS) is 10.9. The molecule has 0 saturated carbocycles. The molecule has 1 atom stereocenters. The summed E-state index contributed by atoms with van der Waals surface area (Å²) in [6.45, 7) is 4.80. The molecule has 0 amide bonds. The van der Waals surface area contributed by atoms with Gasteiger partial charge in [0, 0.05) is 0 Å². The molecule has 5 heteroatoms. The Morgan fingerprint density at radius 3 is 2.79 bits per heavy atom. The number of hydrogen-bond donors (Lipinski definition) is 0. The second-order valence-electron chi connectivity index (χ2n) is 2.39. The Bertz CT molecular complexity index is 266. The molecule has 0 aromatic rings. The quantitative estimate of drug-likeness (QED) is 0.475. The van der Waals surface area contributed by atoms with E-state index in [0.29, 0.717) is 0 Å². The van der Waals surface area contributed by atoms with Crippen LogP contribution in [0.2, 0.25) is 0 Å². The van der Waals surface area contributed by atoms with Gasteiger partial charge in [0.2, 0.25) is 0 Å². The lowest BCUT2D eigenvalue weighted by molar-refractivity contribution is -0.165. The van der Waals surface area contributed by atoms with Crippen LogP contribution in [0, 0.1) is 11.3 Å². The van der Waals surface area contributed by atoms with E-state index in [1.165, 1.54) is 13.0 Å². The highest BCUT2D eigenvalue weighted by Crippen LogP contribution is 1.97. The van der Waals surface area contributed by atoms with Gasteiger partial charge in [-0.25, -0.2) is 4.79 Å². The number of esters is 2. The third kappa shape index (κ3) is 4.93. The van der Waals surface area contributed by atoms with Gasteiger partial charge in [-0.3, -0.25) is 4.79 Å². The van der Waals surface area contributed by atoms with Crippen molar-refractivity contribution in [1.82, 2.24) is 0 Å². The average Bonchev–Trinajstić information content (AvgIpc) is 2.14. The number of rotatable bonds is 5. The number of nitriles is 1. The smallest absolute Gasteiger partial charge is 0.347 e. The van der Waals surface area contributed by atoms with Gasteiger partial charge in [-0.15, -0.1) is 0 Å². The van der Waals surface area contributed by atoms with E-state index in [-0.39, 0.29) is 13.0 Å². The Kier molecular flexibility index (Phi) is 5.79. The van der Waals surface area contributed by atoms with Crippen molar-refractivity contribution in [3.8, 4) is 6.07 Å². The van der Waals surface area contributed by atoms with Gasteiger partial charge in [-0.2, -0.15) is 5.26 Å². The average molecular weight is 197 g/mol. The fourth-order valence-corrected chi connectivity index (χ4v) is 0.610. The molecule has 0 aliphatic carbocycles. The number of carbonyl (C=O) groups excluding carboxylic acids is 2. The van der Waals surface area contributed by atoms with Crippen molar-refractivity contribution in [2.75, 3.05) is 6.61 Å². The van der Waals surface area contributed by atoms with E-state index < -0.39 is 18.0 Å². The molecule has 0 spiro atoms. The number of nitrogens with zero attached hydrogens (tertiary/aromatic N) is 1. The Balaban J connectivity index is 3.89. The van der Waals surface area contributed by atoms with E-state index in [0.717, 1.165) is 0 Å². The summed E-state index contributed by atoms with van der Waals surface area (Å²) in [7, 11) is 0. The zero-order valence-electron chi connectivity index (χ0n) is 7.86. The molecule has 0 radical (unpaired) electrons. The molecule has 0 rings (SSSR count). The van der Waals surface area contributed by atoms with E-state index in [9.17, 15) is 9.59 Å². The van der Waals surface area contributed by atoms with Crippen molar-refractivity contribution in [1.29, 1.82) is 5.26 Å². The minimum atomic E-state index is -0.990. The molecule has 5 nitrogen and oxygen atoms in total. The topological polar surface area (TPSA) is 76.4 Å². The number of hydrogen-bond acceptors (Lipinski definition) is 5. The van der Waals surface area contributed by atoms with Crippen LogP contribution < -0.4 is 0 Å². The van der Waals surface area contributed by atoms with Gasteiger partial charge in [-0.05, 0) is 6.92 Å². The minimum Gasteiger partial charge on any atom is -0.459 e. The van der Waals surface area contributed by atoms with Gasteiger partial charge in [0.05, 0.1) is 6.07 Å². The van der Waals surface area contributed by atoms with E-state index in [2.05, 4.69) is 16.1 Å². The Morgan fingerprint density at radius 1 is 1.64 bits per heavy atom. The first-order chi connectivity index (χ1) is 6.61. The molecule has 0 fully saturated rings. The fourth-order valence-electron chi connectivity index (χ4n) is 0.610. The fraction of sp³-hybridized carbons (Fsp3) is 0.444. The summed E-state index contributed by atoms with van der Waals surface area (Å²) >= 11 is 0. The first-order valence-electron chi connectivity index (χ1n) is 3.95. The van der Waals surface area contributed by atoms with Crippen molar-refractivity contribution in [2.45, 2.75) is 19.4 Å². The molecule has 0 aromatic carbocycles. The van der Waals surface area contributed by atoms with Gasteiger partial charge in [0.25, 0.3) is 0 Å². The van der Waals surface area contributed by atoms with Gasteiger partial charge >= 0.3 is 11.9 Å². The summed E-state index contributed by atoms with van der Waals surface area (Å²) in [5.74, 6) is -1.40. The molecule has 76 valence electrons. The summed E-state index contributed by atoms with van der Waals surface area (Å²) in [6, 6.07) is 1.61. The van der Waals surface area contributed by atoms with Crippen LogP contribution in [0.15, 0.2) is 12.7 Å². The van der Waals surface area contributed by atoms with Crippen molar-refractivity contribution in [3.63, 3.8) is 0 Å². The zero-order valence-corrected chi connectivity index (χ0v) is 7.86. The maximum atomic E-state index is 11.0. The number of carbonyl (C=O) groups is 2. The van der Waals surface area contributed by atoms with Crippen LogP contribution in [0.4, 0.5) is 0 Å². The van der Waals surface area contributed by atoms with Crippen LogP contribution in [0.25, 0.3) is 0 Å². The molecule has 0 aromatic heterocycles. The lowest BCUT2D eigenvalue weighted by Gasteiger charge is -2.10.